The second kappa shape index (κ2) is 9.75. The molecule has 0 fully saturated rings. The van der Waals surface area contributed by atoms with Crippen molar-refractivity contribution in [2.45, 2.75) is 6.42 Å². The van der Waals surface area contributed by atoms with E-state index < -0.39 is 12.6 Å². The Bertz CT molecular complexity index is 913. The summed E-state index contributed by atoms with van der Waals surface area (Å²) < 4.78 is 16.3. The Morgan fingerprint density at radius 1 is 1.14 bits per heavy atom. The standard InChI is InChI=1S/C19H19BrN2O6/c1-26-15-5-3-11(7-16(15)27-2)8-17(21)22-19(25)13-9-12(20)4-6-14(13)28-10-18(23)24/h3-7,9H,8,10H2,1-2H3,(H,23,24)(H2,21,22,25)/p+1. The zero-order chi connectivity index (χ0) is 20.7. The molecule has 0 aliphatic heterocycles. The number of aliphatic imine (C=N–C) groups is 1. The van der Waals surface area contributed by atoms with E-state index in [-0.39, 0.29) is 29.5 Å². The SMILES string of the molecule is COc1ccc(CC(=N)N=C([OH2+])c2cc(Br)ccc2OCC(=O)O)cc1OC. The van der Waals surface area contributed by atoms with E-state index in [2.05, 4.69) is 20.9 Å². The minimum Gasteiger partial charge on any atom is -0.578 e. The largest absolute Gasteiger partial charge is 0.578 e. The molecule has 148 valence electrons. The number of amidine groups is 1. The van der Waals surface area contributed by atoms with Crippen LogP contribution in [-0.2, 0) is 11.2 Å². The molecule has 0 heterocycles. The molecule has 0 aliphatic carbocycles. The molecule has 2 rings (SSSR count). The van der Waals surface area contributed by atoms with Gasteiger partial charge in [0.05, 0.1) is 14.2 Å². The van der Waals surface area contributed by atoms with Crippen molar-refractivity contribution in [3.8, 4) is 17.2 Å². The maximum atomic E-state index is 10.7. The van der Waals surface area contributed by atoms with E-state index in [0.29, 0.717) is 16.0 Å². The molecule has 0 spiro atoms. The fourth-order valence-corrected chi connectivity index (χ4v) is 2.73. The van der Waals surface area contributed by atoms with Crippen molar-refractivity contribution in [2.75, 3.05) is 20.8 Å². The molecule has 8 nitrogen and oxygen atoms in total. The second-order valence-electron chi connectivity index (χ2n) is 5.60. The summed E-state index contributed by atoms with van der Waals surface area (Å²) in [5.74, 6) is -0.0404. The number of carbonyl (C=O) groups is 1. The second-order valence-corrected chi connectivity index (χ2v) is 6.51. The maximum absolute atomic E-state index is 10.7. The third kappa shape index (κ3) is 5.71. The quantitative estimate of drug-likeness (QED) is 0.362. The van der Waals surface area contributed by atoms with Crippen molar-refractivity contribution in [3.63, 3.8) is 0 Å². The van der Waals surface area contributed by atoms with Gasteiger partial charge in [-0.05, 0) is 35.9 Å². The first-order chi connectivity index (χ1) is 13.3. The highest BCUT2D eigenvalue weighted by molar-refractivity contribution is 9.10. The van der Waals surface area contributed by atoms with Crippen LogP contribution in [-0.4, -0.2) is 48.7 Å². The lowest BCUT2D eigenvalue weighted by Crippen LogP contribution is -2.13. The van der Waals surface area contributed by atoms with E-state index in [1.165, 1.54) is 14.2 Å². The first kappa shape index (κ1) is 21.2. The summed E-state index contributed by atoms with van der Waals surface area (Å²) in [5, 5.41) is 25.1. The first-order valence-electron chi connectivity index (χ1n) is 8.07. The van der Waals surface area contributed by atoms with Crippen LogP contribution in [0, 0.1) is 5.41 Å². The topological polar surface area (TPSA) is 124 Å². The molecule has 4 N–H and O–H groups in total. The first-order valence-corrected chi connectivity index (χ1v) is 8.86. The summed E-state index contributed by atoms with van der Waals surface area (Å²) >= 11 is 3.30. The number of nitrogens with one attached hydrogen (secondary N) is 1. The number of hydrogen-bond acceptors (Lipinski definition) is 5. The lowest BCUT2D eigenvalue weighted by molar-refractivity contribution is -0.139. The molecule has 9 heteroatoms. The van der Waals surface area contributed by atoms with Crippen LogP contribution in [0.4, 0.5) is 0 Å². The molecule has 0 saturated heterocycles. The Morgan fingerprint density at radius 2 is 1.82 bits per heavy atom. The summed E-state index contributed by atoms with van der Waals surface area (Å²) in [6, 6.07) is 10.1. The van der Waals surface area contributed by atoms with Gasteiger partial charge in [-0.3, -0.25) is 5.41 Å². The van der Waals surface area contributed by atoms with Crippen LogP contribution in [0.3, 0.4) is 0 Å². The number of benzene rings is 2. The summed E-state index contributed by atoms with van der Waals surface area (Å²) in [5.41, 5.74) is 1.06. The van der Waals surface area contributed by atoms with Crippen molar-refractivity contribution < 1.29 is 29.2 Å². The number of ether oxygens (including phenoxy) is 3. The van der Waals surface area contributed by atoms with Gasteiger partial charge in [0.2, 0.25) is 0 Å². The number of rotatable bonds is 8. The van der Waals surface area contributed by atoms with Crippen molar-refractivity contribution >= 4 is 33.6 Å². The van der Waals surface area contributed by atoms with Crippen LogP contribution in [0.1, 0.15) is 11.1 Å². The van der Waals surface area contributed by atoms with Gasteiger partial charge in [-0.2, -0.15) is 0 Å². The van der Waals surface area contributed by atoms with Crippen LogP contribution >= 0.6 is 15.9 Å². The third-order valence-electron chi connectivity index (χ3n) is 3.61. The number of nitrogens with zero attached hydrogens (tertiary/aromatic N) is 1. The number of aliphatic carboxylic acids is 1. The van der Waals surface area contributed by atoms with Crippen molar-refractivity contribution in [3.05, 3.63) is 52.0 Å². The summed E-state index contributed by atoms with van der Waals surface area (Å²) in [4.78, 5) is 14.8. The number of hydrogen-bond donors (Lipinski definition) is 2. The molecule has 2 aromatic rings. The Kier molecular flexibility index (Phi) is 7.39. The van der Waals surface area contributed by atoms with E-state index in [1.807, 2.05) is 0 Å². The number of carboxylic acids is 1. The maximum Gasteiger partial charge on any atom is 0.369 e. The summed E-state index contributed by atoms with van der Waals surface area (Å²) in [6.07, 6.45) is 0.183. The molecule has 0 aliphatic rings. The molecular weight excluding hydrogens is 432 g/mol. The Morgan fingerprint density at radius 3 is 2.46 bits per heavy atom. The molecule has 0 radical (unpaired) electrons. The number of methoxy groups -OCH3 is 2. The van der Waals surface area contributed by atoms with Crippen molar-refractivity contribution in [1.82, 2.24) is 0 Å². The molecule has 0 bridgehead atoms. The van der Waals surface area contributed by atoms with Gasteiger partial charge in [0.15, 0.2) is 18.1 Å². The van der Waals surface area contributed by atoms with Gasteiger partial charge in [-0.15, -0.1) is 4.99 Å². The fraction of sp³-hybridized carbons (Fsp3) is 0.211. The van der Waals surface area contributed by atoms with Crippen molar-refractivity contribution in [2.24, 2.45) is 4.99 Å². The summed E-state index contributed by atoms with van der Waals surface area (Å²) in [7, 11) is 3.07. The van der Waals surface area contributed by atoms with Gasteiger partial charge in [0.25, 0.3) is 0 Å². The van der Waals surface area contributed by atoms with E-state index >= 15 is 0 Å². The Labute approximate surface area is 170 Å². The Balaban J connectivity index is 2.22. The highest BCUT2D eigenvalue weighted by Crippen LogP contribution is 2.28. The highest BCUT2D eigenvalue weighted by Gasteiger charge is 2.17. The van der Waals surface area contributed by atoms with E-state index in [9.17, 15) is 4.79 Å². The molecule has 0 aromatic heterocycles. The normalized spacial score (nSPS) is 11.0. The minimum atomic E-state index is -1.13. The monoisotopic (exact) mass is 451 g/mol. The van der Waals surface area contributed by atoms with E-state index in [4.69, 9.17) is 29.8 Å². The molecular formula is C19H20BrN2O6+. The molecule has 0 atom stereocenters. The third-order valence-corrected chi connectivity index (χ3v) is 4.11. The van der Waals surface area contributed by atoms with Gasteiger partial charge >= 0.3 is 11.9 Å². The zero-order valence-electron chi connectivity index (χ0n) is 15.3. The molecule has 28 heavy (non-hydrogen) atoms. The number of carboxylic acid groups (broad SMARTS) is 1. The lowest BCUT2D eigenvalue weighted by Gasteiger charge is -2.09. The predicted octanol–water partition coefficient (Wildman–Crippen LogP) is 2.62. The van der Waals surface area contributed by atoms with Gasteiger partial charge in [-0.25, -0.2) is 4.79 Å². The smallest absolute Gasteiger partial charge is 0.369 e. The summed E-state index contributed by atoms with van der Waals surface area (Å²) in [6.45, 7) is -0.537. The number of halogens is 1. The molecule has 0 saturated carbocycles. The fourth-order valence-electron chi connectivity index (χ4n) is 2.37. The van der Waals surface area contributed by atoms with Crippen LogP contribution in [0.15, 0.2) is 45.9 Å². The van der Waals surface area contributed by atoms with E-state index in [1.54, 1.807) is 36.4 Å². The van der Waals surface area contributed by atoms with Crippen LogP contribution in [0.25, 0.3) is 0 Å². The van der Waals surface area contributed by atoms with Gasteiger partial charge in [0, 0.05) is 10.9 Å². The molecule has 2 aromatic carbocycles. The molecule has 0 unspecified atom stereocenters. The van der Waals surface area contributed by atoms with Crippen LogP contribution in [0.5, 0.6) is 17.2 Å². The highest BCUT2D eigenvalue weighted by atomic mass is 79.9. The minimum absolute atomic E-state index is 0.0404. The van der Waals surface area contributed by atoms with Gasteiger partial charge < -0.3 is 24.4 Å². The zero-order valence-corrected chi connectivity index (χ0v) is 16.9. The predicted molar refractivity (Wildman–Crippen MR) is 108 cm³/mol. The Hall–Kier alpha value is -3.07. The van der Waals surface area contributed by atoms with Gasteiger partial charge in [-0.1, -0.05) is 22.0 Å². The average Bonchev–Trinajstić information content (AvgIpc) is 2.66. The van der Waals surface area contributed by atoms with Crippen LogP contribution < -0.4 is 14.2 Å². The average molecular weight is 452 g/mol. The van der Waals surface area contributed by atoms with E-state index in [0.717, 1.165) is 5.56 Å². The lowest BCUT2D eigenvalue weighted by atomic mass is 10.1. The van der Waals surface area contributed by atoms with Crippen molar-refractivity contribution in [1.29, 1.82) is 5.41 Å². The van der Waals surface area contributed by atoms with Crippen LogP contribution in [0.2, 0.25) is 0 Å². The van der Waals surface area contributed by atoms with Gasteiger partial charge in [0.1, 0.15) is 17.1 Å². The molecule has 0 amide bonds.